The van der Waals surface area contributed by atoms with Crippen molar-refractivity contribution in [3.63, 3.8) is 0 Å². The van der Waals surface area contributed by atoms with Gasteiger partial charge in [-0.05, 0) is 51.9 Å². The molecule has 4 aliphatic heterocycles. The van der Waals surface area contributed by atoms with Crippen LogP contribution in [-0.2, 0) is 33.3 Å². The molecule has 0 radical (unpaired) electrons. The third-order valence-corrected chi connectivity index (χ3v) is 10.5. The minimum Gasteiger partial charge on any atom is -0.459 e. The number of ether oxygens (including phenoxy) is 5. The fourth-order valence-electron chi connectivity index (χ4n) is 7.70. The van der Waals surface area contributed by atoms with Crippen LogP contribution in [0.15, 0.2) is 36.5 Å². The van der Waals surface area contributed by atoms with Gasteiger partial charge in [-0.3, -0.25) is 9.59 Å². The summed E-state index contributed by atoms with van der Waals surface area (Å²) >= 11 is 0. The lowest BCUT2D eigenvalue weighted by Gasteiger charge is -2.50. The Bertz CT molecular complexity index is 1160. The second-order valence-corrected chi connectivity index (χ2v) is 15.6. The summed E-state index contributed by atoms with van der Waals surface area (Å²) in [6, 6.07) is 0. The summed E-state index contributed by atoms with van der Waals surface area (Å²) in [5.41, 5.74) is 1.05. The number of unbranched alkanes of at least 4 members (excludes halogenated alkanes) is 4. The number of hydrogen-bond donors (Lipinski definition) is 3. The van der Waals surface area contributed by atoms with Gasteiger partial charge in [-0.15, -0.1) is 0 Å². The summed E-state index contributed by atoms with van der Waals surface area (Å²) in [6.45, 7) is 15.9. The lowest BCUT2D eigenvalue weighted by molar-refractivity contribution is -0.341. The van der Waals surface area contributed by atoms with Crippen LogP contribution in [0.25, 0.3) is 0 Å². The van der Waals surface area contributed by atoms with Gasteiger partial charge in [0.15, 0.2) is 6.10 Å². The largest absolute Gasteiger partial charge is 0.459 e. The molecule has 10 heteroatoms. The van der Waals surface area contributed by atoms with Gasteiger partial charge < -0.3 is 39.0 Å². The van der Waals surface area contributed by atoms with Crippen molar-refractivity contribution < 1.29 is 48.6 Å². The van der Waals surface area contributed by atoms with E-state index in [1.54, 1.807) is 0 Å². The van der Waals surface area contributed by atoms with Crippen molar-refractivity contribution in [3.8, 4) is 0 Å². The highest BCUT2D eigenvalue weighted by Crippen LogP contribution is 2.45. The standard InChI is InChI=1S/C39H62O10/c1-7-8-9-10-11-12-36(42)48-35-14-13-30-24-34(27(4)40)47-37(43)22-28(41)21-31-18-26(3)20-33(46-31)23-32-19-25(2)17-29(45-32)15-16-38(5,6)39(35,44)49-30/h15-16,27-35,40-41,44H,2-3,7-14,17-24H2,1,4-6H3/t27-,28-,29+,30+,31+,32+,33-,34-,35+,39-/m1/s1. The molecular weight excluding hydrogens is 628 g/mol. The van der Waals surface area contributed by atoms with E-state index < -0.39 is 47.7 Å². The zero-order chi connectivity index (χ0) is 35.8. The van der Waals surface area contributed by atoms with Gasteiger partial charge in [0.2, 0.25) is 5.79 Å². The van der Waals surface area contributed by atoms with Gasteiger partial charge in [0.05, 0.1) is 49.1 Å². The predicted octanol–water partition coefficient (Wildman–Crippen LogP) is 6.14. The first-order valence-corrected chi connectivity index (χ1v) is 18.7. The van der Waals surface area contributed by atoms with Gasteiger partial charge in [0.25, 0.3) is 0 Å². The lowest BCUT2D eigenvalue weighted by atomic mass is 9.75. The van der Waals surface area contributed by atoms with E-state index in [0.29, 0.717) is 44.9 Å². The Balaban J connectivity index is 1.60. The van der Waals surface area contributed by atoms with Crippen molar-refractivity contribution in [1.82, 2.24) is 0 Å². The van der Waals surface area contributed by atoms with E-state index in [4.69, 9.17) is 23.7 Å². The smallest absolute Gasteiger partial charge is 0.308 e. The van der Waals surface area contributed by atoms with Crippen LogP contribution in [-0.4, -0.2) is 88.0 Å². The number of hydrogen-bond acceptors (Lipinski definition) is 10. The number of rotatable bonds is 8. The highest BCUT2D eigenvalue weighted by Gasteiger charge is 2.55. The number of fused-ring (bicyclic) bond motifs is 6. The maximum atomic E-state index is 13.0. The molecule has 6 bridgehead atoms. The first-order chi connectivity index (χ1) is 23.2. The Morgan fingerprint density at radius 3 is 2.29 bits per heavy atom. The molecule has 0 unspecified atom stereocenters. The molecule has 0 amide bonds. The highest BCUT2D eigenvalue weighted by molar-refractivity contribution is 5.70. The molecule has 4 rings (SSSR count). The Kier molecular flexibility index (Phi) is 14.5. The average Bonchev–Trinajstić information content (AvgIpc) is 3.00. The minimum atomic E-state index is -1.93. The van der Waals surface area contributed by atoms with Crippen molar-refractivity contribution in [1.29, 1.82) is 0 Å². The monoisotopic (exact) mass is 690 g/mol. The van der Waals surface area contributed by atoms with Gasteiger partial charge >= 0.3 is 11.9 Å². The van der Waals surface area contributed by atoms with E-state index in [1.807, 2.05) is 26.0 Å². The maximum absolute atomic E-state index is 13.0. The normalized spacial score (nSPS) is 36.8. The molecule has 3 fully saturated rings. The zero-order valence-electron chi connectivity index (χ0n) is 30.3. The topological polar surface area (TPSA) is 141 Å². The van der Waals surface area contributed by atoms with Crippen molar-refractivity contribution in [3.05, 3.63) is 36.5 Å². The molecule has 10 nitrogen and oxygen atoms in total. The quantitative estimate of drug-likeness (QED) is 0.154. The van der Waals surface area contributed by atoms with Crippen LogP contribution in [0.3, 0.4) is 0 Å². The molecule has 0 aromatic heterocycles. The fraction of sp³-hybridized carbons (Fsp3) is 0.795. The first-order valence-electron chi connectivity index (χ1n) is 18.7. The van der Waals surface area contributed by atoms with E-state index >= 15 is 0 Å². The molecule has 278 valence electrons. The molecule has 10 atom stereocenters. The minimum absolute atomic E-state index is 0.111. The summed E-state index contributed by atoms with van der Waals surface area (Å²) in [5, 5.41) is 33.9. The van der Waals surface area contributed by atoms with Crippen molar-refractivity contribution in [2.24, 2.45) is 5.41 Å². The number of carbonyl (C=O) groups excluding carboxylic acids is 2. The fourth-order valence-corrected chi connectivity index (χ4v) is 7.70. The molecule has 3 saturated heterocycles. The lowest BCUT2D eigenvalue weighted by Crippen LogP contribution is -2.61. The van der Waals surface area contributed by atoms with Gasteiger partial charge in [0, 0.05) is 31.1 Å². The molecule has 4 heterocycles. The van der Waals surface area contributed by atoms with E-state index in [9.17, 15) is 24.9 Å². The summed E-state index contributed by atoms with van der Waals surface area (Å²) in [5.74, 6) is -2.94. The van der Waals surface area contributed by atoms with Gasteiger partial charge in [-0.1, -0.05) is 82.9 Å². The molecule has 0 aromatic rings. The summed E-state index contributed by atoms with van der Waals surface area (Å²) < 4.78 is 31.0. The third-order valence-electron chi connectivity index (χ3n) is 10.5. The predicted molar refractivity (Wildman–Crippen MR) is 185 cm³/mol. The second kappa shape index (κ2) is 17.9. The summed E-state index contributed by atoms with van der Waals surface area (Å²) in [4.78, 5) is 26.0. The third kappa shape index (κ3) is 11.5. The van der Waals surface area contributed by atoms with Crippen LogP contribution in [0.2, 0.25) is 0 Å². The van der Waals surface area contributed by atoms with Crippen LogP contribution in [0.4, 0.5) is 0 Å². The first kappa shape index (κ1) is 39.7. The molecule has 0 saturated carbocycles. The van der Waals surface area contributed by atoms with Crippen molar-refractivity contribution in [2.45, 2.75) is 191 Å². The van der Waals surface area contributed by atoms with Gasteiger partial charge in [0.1, 0.15) is 6.10 Å². The van der Waals surface area contributed by atoms with Crippen LogP contribution in [0.1, 0.15) is 130 Å². The summed E-state index contributed by atoms with van der Waals surface area (Å²) in [7, 11) is 0. The molecule has 0 aromatic carbocycles. The molecule has 4 aliphatic rings. The van der Waals surface area contributed by atoms with E-state index in [-0.39, 0.29) is 56.1 Å². The average molecular weight is 691 g/mol. The van der Waals surface area contributed by atoms with E-state index in [0.717, 1.165) is 43.3 Å². The van der Waals surface area contributed by atoms with Crippen LogP contribution in [0, 0.1) is 5.41 Å². The maximum Gasteiger partial charge on any atom is 0.308 e. The van der Waals surface area contributed by atoms with Gasteiger partial charge in [-0.2, -0.15) is 0 Å². The number of esters is 2. The van der Waals surface area contributed by atoms with Crippen molar-refractivity contribution >= 4 is 11.9 Å². The van der Waals surface area contributed by atoms with Crippen LogP contribution < -0.4 is 0 Å². The summed E-state index contributed by atoms with van der Waals surface area (Å²) in [6.07, 6.45) is 7.79. The number of aliphatic hydroxyl groups excluding tert-OH is 2. The molecule has 0 spiro atoms. The molecular formula is C39H62O10. The van der Waals surface area contributed by atoms with Crippen LogP contribution in [0.5, 0.6) is 0 Å². The van der Waals surface area contributed by atoms with Crippen molar-refractivity contribution in [2.75, 3.05) is 0 Å². The SMILES string of the molecule is C=C1C[C@@H]2C[C@@H]3CC(=C)C[C@H](C=CC(C)(C)[C@]4(O)O[C@@H](CC[C@@H]4OC(=O)CCCCCCC)C[C@H]([C@@H](C)O)OC(=O)C[C@H](O)C[C@H](C1)O2)O3. The Hall–Kier alpha value is -2.08. The molecule has 3 N–H and O–H groups in total. The van der Waals surface area contributed by atoms with Crippen LogP contribution >= 0.6 is 0 Å². The zero-order valence-corrected chi connectivity index (χ0v) is 30.3. The second-order valence-electron chi connectivity index (χ2n) is 15.6. The molecule has 49 heavy (non-hydrogen) atoms. The van der Waals surface area contributed by atoms with Gasteiger partial charge in [-0.25, -0.2) is 0 Å². The molecule has 0 aliphatic carbocycles. The Morgan fingerprint density at radius 1 is 0.939 bits per heavy atom. The van der Waals surface area contributed by atoms with E-state index in [1.165, 1.54) is 6.92 Å². The van der Waals surface area contributed by atoms with E-state index in [2.05, 4.69) is 20.1 Å². The number of carbonyl (C=O) groups is 2. The Morgan fingerprint density at radius 2 is 1.59 bits per heavy atom. The number of aliphatic hydroxyl groups is 3. The number of cyclic esters (lactones) is 1. The highest BCUT2D eigenvalue weighted by atomic mass is 16.7. The Labute approximate surface area is 293 Å².